The molecule has 26 heavy (non-hydrogen) atoms. The number of benzene rings is 2. The molecule has 3 rings (SSSR count). The van der Waals surface area contributed by atoms with Crippen molar-refractivity contribution in [2.24, 2.45) is 11.8 Å². The van der Waals surface area contributed by atoms with Crippen molar-refractivity contribution < 1.29 is 23.7 Å². The summed E-state index contributed by atoms with van der Waals surface area (Å²) >= 11 is 0. The zero-order valence-electron chi connectivity index (χ0n) is 15.6. The Morgan fingerprint density at radius 1 is 1.00 bits per heavy atom. The van der Waals surface area contributed by atoms with Crippen molar-refractivity contribution in [3.05, 3.63) is 47.5 Å². The van der Waals surface area contributed by atoms with Crippen molar-refractivity contribution in [3.63, 3.8) is 0 Å². The van der Waals surface area contributed by atoms with Gasteiger partial charge < -0.3 is 18.9 Å². The predicted molar refractivity (Wildman–Crippen MR) is 98.5 cm³/mol. The van der Waals surface area contributed by atoms with E-state index in [4.69, 9.17) is 18.9 Å². The Bertz CT molecular complexity index is 799. The number of hydrogen-bond acceptors (Lipinski definition) is 5. The second-order valence-corrected chi connectivity index (χ2v) is 6.59. The average molecular weight is 356 g/mol. The molecule has 2 atom stereocenters. The fourth-order valence-electron chi connectivity index (χ4n) is 3.13. The monoisotopic (exact) mass is 356 g/mol. The van der Waals surface area contributed by atoms with Gasteiger partial charge in [0.2, 0.25) is 6.79 Å². The molecule has 1 heterocycles. The van der Waals surface area contributed by atoms with Crippen LogP contribution < -0.4 is 18.9 Å². The van der Waals surface area contributed by atoms with Gasteiger partial charge in [-0.3, -0.25) is 4.79 Å². The molecule has 2 aromatic rings. The molecule has 5 nitrogen and oxygen atoms in total. The summed E-state index contributed by atoms with van der Waals surface area (Å²) in [5.41, 5.74) is 1.77. The number of ketones is 1. The lowest BCUT2D eigenvalue weighted by molar-refractivity contribution is 0.0892. The number of rotatable bonds is 7. The number of Topliss-reactive ketones (excluding diaryl/α,β-unsaturated/α-hetero) is 1. The number of hydrogen-bond donors (Lipinski definition) is 0. The highest BCUT2D eigenvalue weighted by molar-refractivity contribution is 5.98. The van der Waals surface area contributed by atoms with Crippen LogP contribution in [0.25, 0.3) is 0 Å². The molecule has 0 fully saturated rings. The van der Waals surface area contributed by atoms with Gasteiger partial charge in [-0.15, -0.1) is 0 Å². The quantitative estimate of drug-likeness (QED) is 0.698. The second kappa shape index (κ2) is 7.68. The summed E-state index contributed by atoms with van der Waals surface area (Å²) in [6.45, 7) is 4.27. The van der Waals surface area contributed by atoms with Gasteiger partial charge in [-0.05, 0) is 48.2 Å². The molecule has 1 aliphatic rings. The summed E-state index contributed by atoms with van der Waals surface area (Å²) in [4.78, 5) is 12.9. The van der Waals surface area contributed by atoms with Crippen LogP contribution in [0.1, 0.15) is 29.8 Å². The second-order valence-electron chi connectivity index (χ2n) is 6.59. The minimum absolute atomic E-state index is 0.108. The van der Waals surface area contributed by atoms with E-state index >= 15 is 0 Å². The van der Waals surface area contributed by atoms with Crippen molar-refractivity contribution in [2.75, 3.05) is 21.0 Å². The van der Waals surface area contributed by atoms with E-state index in [0.29, 0.717) is 28.6 Å². The van der Waals surface area contributed by atoms with Crippen LogP contribution >= 0.6 is 0 Å². The fraction of sp³-hybridized carbons (Fsp3) is 0.381. The van der Waals surface area contributed by atoms with Crippen molar-refractivity contribution in [3.8, 4) is 23.0 Å². The lowest BCUT2D eigenvalue weighted by atomic mass is 9.84. The fourth-order valence-corrected chi connectivity index (χ4v) is 3.13. The lowest BCUT2D eigenvalue weighted by Gasteiger charge is -2.20. The highest BCUT2D eigenvalue weighted by Gasteiger charge is 2.24. The molecule has 0 saturated carbocycles. The molecule has 0 aliphatic carbocycles. The third-order valence-electron chi connectivity index (χ3n) is 4.93. The van der Waals surface area contributed by atoms with E-state index < -0.39 is 0 Å². The maximum absolute atomic E-state index is 12.9. The Hall–Kier alpha value is -2.69. The van der Waals surface area contributed by atoms with E-state index in [9.17, 15) is 4.79 Å². The highest BCUT2D eigenvalue weighted by atomic mass is 16.7. The van der Waals surface area contributed by atoms with Gasteiger partial charge in [0.05, 0.1) is 14.2 Å². The van der Waals surface area contributed by atoms with E-state index in [-0.39, 0.29) is 24.4 Å². The van der Waals surface area contributed by atoms with Crippen LogP contribution in [0.15, 0.2) is 36.4 Å². The Kier molecular flexibility index (Phi) is 5.35. The SMILES string of the molecule is COc1ccc(C[C@@H](C)[C@H](C)C(=O)c2ccc3c(c2)OCO3)cc1OC. The first-order chi connectivity index (χ1) is 12.5. The summed E-state index contributed by atoms with van der Waals surface area (Å²) < 4.78 is 21.3. The van der Waals surface area contributed by atoms with E-state index in [1.54, 1.807) is 32.4 Å². The molecule has 0 aromatic heterocycles. The Morgan fingerprint density at radius 3 is 2.46 bits per heavy atom. The number of ether oxygens (including phenoxy) is 4. The molecule has 0 spiro atoms. The third-order valence-corrected chi connectivity index (χ3v) is 4.93. The summed E-state index contributed by atoms with van der Waals surface area (Å²) in [6.07, 6.45) is 0.776. The van der Waals surface area contributed by atoms with Crippen molar-refractivity contribution in [1.29, 1.82) is 0 Å². The van der Waals surface area contributed by atoms with E-state index in [0.717, 1.165) is 12.0 Å². The van der Waals surface area contributed by atoms with Crippen LogP contribution in [0.3, 0.4) is 0 Å². The number of carbonyl (C=O) groups is 1. The molecule has 2 aromatic carbocycles. The van der Waals surface area contributed by atoms with Crippen LogP contribution in [0, 0.1) is 11.8 Å². The highest BCUT2D eigenvalue weighted by Crippen LogP contribution is 2.34. The molecule has 5 heteroatoms. The van der Waals surface area contributed by atoms with E-state index in [1.807, 2.05) is 25.1 Å². The summed E-state index contributed by atoms with van der Waals surface area (Å²) in [7, 11) is 3.24. The topological polar surface area (TPSA) is 54.0 Å². The zero-order valence-corrected chi connectivity index (χ0v) is 15.6. The largest absolute Gasteiger partial charge is 0.493 e. The number of fused-ring (bicyclic) bond motifs is 1. The molecule has 0 saturated heterocycles. The minimum atomic E-state index is -0.122. The van der Waals surface area contributed by atoms with Crippen LogP contribution in [0.2, 0.25) is 0 Å². The Morgan fingerprint density at radius 2 is 1.73 bits per heavy atom. The maximum Gasteiger partial charge on any atom is 0.231 e. The normalized spacial score (nSPS) is 14.6. The van der Waals surface area contributed by atoms with Crippen LogP contribution in [-0.2, 0) is 6.42 Å². The first-order valence-corrected chi connectivity index (χ1v) is 8.68. The van der Waals surface area contributed by atoms with E-state index in [2.05, 4.69) is 6.92 Å². The van der Waals surface area contributed by atoms with Gasteiger partial charge in [0.25, 0.3) is 0 Å². The summed E-state index contributed by atoms with van der Waals surface area (Å²) in [5, 5.41) is 0. The molecule has 0 bridgehead atoms. The van der Waals surface area contributed by atoms with Gasteiger partial charge in [-0.2, -0.15) is 0 Å². The van der Waals surface area contributed by atoms with Crippen LogP contribution in [0.4, 0.5) is 0 Å². The predicted octanol–water partition coefficient (Wildman–Crippen LogP) is 4.13. The van der Waals surface area contributed by atoms with Gasteiger partial charge >= 0.3 is 0 Å². The van der Waals surface area contributed by atoms with Gasteiger partial charge in [-0.25, -0.2) is 0 Å². The molecular weight excluding hydrogens is 332 g/mol. The smallest absolute Gasteiger partial charge is 0.231 e. The van der Waals surface area contributed by atoms with Crippen LogP contribution in [-0.4, -0.2) is 26.8 Å². The molecule has 0 unspecified atom stereocenters. The van der Waals surface area contributed by atoms with E-state index in [1.165, 1.54) is 0 Å². The first-order valence-electron chi connectivity index (χ1n) is 8.68. The molecule has 1 aliphatic heterocycles. The maximum atomic E-state index is 12.9. The van der Waals surface area contributed by atoms with Crippen molar-refractivity contribution >= 4 is 5.78 Å². The standard InChI is InChI=1S/C21H24O5/c1-13(9-15-5-7-17(23-3)19(10-15)24-4)14(2)21(22)16-6-8-18-20(11-16)26-12-25-18/h5-8,10-11,13-14H,9,12H2,1-4H3/t13-,14+/m1/s1. The average Bonchev–Trinajstić information content (AvgIpc) is 3.14. The molecule has 0 amide bonds. The number of methoxy groups -OCH3 is 2. The van der Waals surface area contributed by atoms with Crippen LogP contribution in [0.5, 0.6) is 23.0 Å². The summed E-state index contributed by atoms with van der Waals surface area (Å²) in [5.74, 6) is 2.88. The zero-order chi connectivity index (χ0) is 18.7. The minimum Gasteiger partial charge on any atom is -0.493 e. The molecule has 138 valence electrons. The Balaban J connectivity index is 1.71. The molecule has 0 radical (unpaired) electrons. The van der Waals surface area contributed by atoms with Crippen molar-refractivity contribution in [1.82, 2.24) is 0 Å². The molecular formula is C21H24O5. The number of carbonyl (C=O) groups excluding carboxylic acids is 1. The third kappa shape index (κ3) is 3.62. The van der Waals surface area contributed by atoms with Crippen molar-refractivity contribution in [2.45, 2.75) is 20.3 Å². The van der Waals surface area contributed by atoms with Gasteiger partial charge in [0.15, 0.2) is 28.8 Å². The summed E-state index contributed by atoms with van der Waals surface area (Å²) in [6, 6.07) is 11.2. The first kappa shape index (κ1) is 18.1. The lowest BCUT2D eigenvalue weighted by Crippen LogP contribution is -2.21. The van der Waals surface area contributed by atoms with Gasteiger partial charge in [0.1, 0.15) is 0 Å². The molecule has 0 N–H and O–H groups in total. The van der Waals surface area contributed by atoms with Gasteiger partial charge in [-0.1, -0.05) is 19.9 Å². The van der Waals surface area contributed by atoms with Gasteiger partial charge in [0, 0.05) is 11.5 Å². The Labute approximate surface area is 153 Å².